The van der Waals surface area contributed by atoms with E-state index in [1.54, 1.807) is 18.3 Å². The summed E-state index contributed by atoms with van der Waals surface area (Å²) in [6.45, 7) is 0. The Morgan fingerprint density at radius 3 is 2.82 bits per heavy atom. The van der Waals surface area contributed by atoms with Gasteiger partial charge >= 0.3 is 0 Å². The van der Waals surface area contributed by atoms with E-state index in [4.69, 9.17) is 0 Å². The molecule has 0 radical (unpaired) electrons. The molecule has 0 amide bonds. The van der Waals surface area contributed by atoms with Crippen LogP contribution in [0.2, 0.25) is 0 Å². The summed E-state index contributed by atoms with van der Waals surface area (Å²) < 4.78 is 14.1. The van der Waals surface area contributed by atoms with Crippen LogP contribution in [0.4, 0.5) is 4.39 Å². The zero-order valence-electron chi connectivity index (χ0n) is 5.85. The van der Waals surface area contributed by atoms with Gasteiger partial charge in [0.15, 0.2) is 0 Å². The van der Waals surface area contributed by atoms with Crippen LogP contribution in [0, 0.1) is 0 Å². The van der Waals surface area contributed by atoms with Crippen molar-refractivity contribution in [1.29, 1.82) is 0 Å². The topological polar surface area (TPSA) is 12.9 Å². The minimum atomic E-state index is -1.08. The standard InChI is InChI=1S/C8H7BrFN/c9-7-6(2-1-5-11-7)8(10)3-4-8/h1-2,5H,3-4H2. The normalized spacial score (nSPS) is 19.8. The zero-order valence-corrected chi connectivity index (χ0v) is 7.44. The van der Waals surface area contributed by atoms with E-state index < -0.39 is 5.67 Å². The molecular weight excluding hydrogens is 209 g/mol. The molecule has 1 heterocycles. The molecule has 58 valence electrons. The maximum Gasteiger partial charge on any atom is 0.138 e. The van der Waals surface area contributed by atoms with Gasteiger partial charge in [-0.1, -0.05) is 6.07 Å². The molecule has 1 aromatic rings. The molecule has 1 aromatic heterocycles. The number of halogens is 2. The molecular formula is C8H7BrFN. The van der Waals surface area contributed by atoms with Crippen LogP contribution in [-0.2, 0) is 5.67 Å². The molecule has 2 rings (SSSR count). The Kier molecular flexibility index (Phi) is 1.49. The molecule has 0 bridgehead atoms. The first-order valence-electron chi connectivity index (χ1n) is 3.52. The van der Waals surface area contributed by atoms with Gasteiger partial charge in [0.05, 0.1) is 0 Å². The van der Waals surface area contributed by atoms with Crippen molar-refractivity contribution in [3.8, 4) is 0 Å². The quantitative estimate of drug-likeness (QED) is 0.657. The van der Waals surface area contributed by atoms with Gasteiger partial charge in [0.1, 0.15) is 10.3 Å². The minimum absolute atomic E-state index is 0.636. The van der Waals surface area contributed by atoms with Gasteiger partial charge in [-0.05, 0) is 34.8 Å². The van der Waals surface area contributed by atoms with Crippen LogP contribution in [0.3, 0.4) is 0 Å². The number of rotatable bonds is 1. The van der Waals surface area contributed by atoms with Gasteiger partial charge < -0.3 is 0 Å². The van der Waals surface area contributed by atoms with E-state index in [9.17, 15) is 4.39 Å². The average Bonchev–Trinajstić information content (AvgIpc) is 2.70. The van der Waals surface area contributed by atoms with Crippen LogP contribution in [-0.4, -0.2) is 4.98 Å². The first-order valence-corrected chi connectivity index (χ1v) is 4.32. The second-order valence-corrected chi connectivity index (χ2v) is 3.56. The molecule has 0 atom stereocenters. The van der Waals surface area contributed by atoms with Crippen molar-refractivity contribution in [3.05, 3.63) is 28.5 Å². The molecule has 0 saturated heterocycles. The lowest BCUT2D eigenvalue weighted by Gasteiger charge is -2.05. The second kappa shape index (κ2) is 2.27. The number of alkyl halides is 1. The maximum absolute atomic E-state index is 13.4. The van der Waals surface area contributed by atoms with E-state index in [-0.39, 0.29) is 0 Å². The lowest BCUT2D eigenvalue weighted by molar-refractivity contribution is 0.315. The third kappa shape index (κ3) is 1.18. The monoisotopic (exact) mass is 215 g/mol. The maximum atomic E-state index is 13.4. The average molecular weight is 216 g/mol. The van der Waals surface area contributed by atoms with E-state index >= 15 is 0 Å². The Morgan fingerprint density at radius 1 is 1.55 bits per heavy atom. The molecule has 0 unspecified atom stereocenters. The highest BCUT2D eigenvalue weighted by Gasteiger charge is 2.46. The number of aromatic nitrogens is 1. The fourth-order valence-electron chi connectivity index (χ4n) is 1.10. The van der Waals surface area contributed by atoms with Crippen molar-refractivity contribution in [2.24, 2.45) is 0 Å². The predicted molar refractivity (Wildman–Crippen MR) is 44.0 cm³/mol. The van der Waals surface area contributed by atoms with E-state index in [1.807, 2.05) is 0 Å². The molecule has 0 aromatic carbocycles. The Hall–Kier alpha value is -0.440. The largest absolute Gasteiger partial charge is 0.249 e. The third-order valence-electron chi connectivity index (χ3n) is 1.93. The Balaban J connectivity index is 2.45. The van der Waals surface area contributed by atoms with Crippen LogP contribution < -0.4 is 0 Å². The summed E-state index contributed by atoms with van der Waals surface area (Å²) in [5.41, 5.74) is -0.382. The van der Waals surface area contributed by atoms with Crippen molar-refractivity contribution in [1.82, 2.24) is 4.98 Å². The summed E-state index contributed by atoms with van der Waals surface area (Å²) in [6, 6.07) is 3.55. The van der Waals surface area contributed by atoms with E-state index in [1.165, 1.54) is 0 Å². The molecule has 3 heteroatoms. The third-order valence-corrected chi connectivity index (χ3v) is 2.56. The van der Waals surface area contributed by atoms with Crippen LogP contribution in [0.1, 0.15) is 18.4 Å². The van der Waals surface area contributed by atoms with E-state index in [0.717, 1.165) is 0 Å². The summed E-state index contributed by atoms with van der Waals surface area (Å²) in [5, 5.41) is 0. The Bertz CT molecular complexity index is 283. The number of pyridine rings is 1. The van der Waals surface area contributed by atoms with Gasteiger partial charge in [-0.25, -0.2) is 9.37 Å². The summed E-state index contributed by atoms with van der Waals surface area (Å²) in [5.74, 6) is 0. The smallest absolute Gasteiger partial charge is 0.138 e. The minimum Gasteiger partial charge on any atom is -0.249 e. The van der Waals surface area contributed by atoms with Gasteiger partial charge in [0, 0.05) is 11.8 Å². The Labute approximate surface area is 72.8 Å². The number of nitrogens with zero attached hydrogens (tertiary/aromatic N) is 1. The summed E-state index contributed by atoms with van der Waals surface area (Å²) in [4.78, 5) is 3.96. The van der Waals surface area contributed by atoms with Crippen molar-refractivity contribution >= 4 is 15.9 Å². The molecule has 0 spiro atoms. The van der Waals surface area contributed by atoms with Gasteiger partial charge in [0.2, 0.25) is 0 Å². The fourth-order valence-corrected chi connectivity index (χ4v) is 1.71. The van der Waals surface area contributed by atoms with Crippen molar-refractivity contribution in [2.75, 3.05) is 0 Å². The van der Waals surface area contributed by atoms with Gasteiger partial charge in [-0.3, -0.25) is 0 Å². The SMILES string of the molecule is FC1(c2cccnc2Br)CC1. The lowest BCUT2D eigenvalue weighted by atomic mass is 10.2. The first-order chi connectivity index (χ1) is 5.22. The Morgan fingerprint density at radius 2 is 2.27 bits per heavy atom. The van der Waals surface area contributed by atoms with Crippen LogP contribution in [0.15, 0.2) is 22.9 Å². The van der Waals surface area contributed by atoms with Crippen LogP contribution >= 0.6 is 15.9 Å². The highest BCUT2D eigenvalue weighted by molar-refractivity contribution is 9.10. The van der Waals surface area contributed by atoms with Crippen LogP contribution in [0.25, 0.3) is 0 Å². The first kappa shape index (κ1) is 7.22. The molecule has 1 fully saturated rings. The molecule has 0 aliphatic heterocycles. The van der Waals surface area contributed by atoms with E-state index in [2.05, 4.69) is 20.9 Å². The summed E-state index contributed by atoms with van der Waals surface area (Å²) >= 11 is 3.22. The second-order valence-electron chi connectivity index (χ2n) is 2.81. The van der Waals surface area contributed by atoms with Crippen molar-refractivity contribution in [2.45, 2.75) is 18.5 Å². The molecule has 1 aliphatic carbocycles. The highest BCUT2D eigenvalue weighted by atomic mass is 79.9. The summed E-state index contributed by atoms with van der Waals surface area (Å²) in [6.07, 6.45) is 2.92. The number of hydrogen-bond donors (Lipinski definition) is 0. The van der Waals surface area contributed by atoms with Gasteiger partial charge in [0.25, 0.3) is 0 Å². The molecule has 0 N–H and O–H groups in total. The predicted octanol–water partition coefficient (Wildman–Crippen LogP) is 2.80. The zero-order chi connectivity index (χ0) is 7.90. The van der Waals surface area contributed by atoms with E-state index in [0.29, 0.717) is 23.0 Å². The van der Waals surface area contributed by atoms with Gasteiger partial charge in [-0.2, -0.15) is 0 Å². The van der Waals surface area contributed by atoms with Gasteiger partial charge in [-0.15, -0.1) is 0 Å². The highest BCUT2D eigenvalue weighted by Crippen LogP contribution is 2.51. The lowest BCUT2D eigenvalue weighted by Crippen LogP contribution is -1.99. The van der Waals surface area contributed by atoms with Crippen molar-refractivity contribution < 1.29 is 4.39 Å². The fraction of sp³-hybridized carbons (Fsp3) is 0.375. The number of hydrogen-bond acceptors (Lipinski definition) is 1. The molecule has 1 nitrogen and oxygen atoms in total. The molecule has 1 saturated carbocycles. The van der Waals surface area contributed by atoms with Crippen LogP contribution in [0.5, 0.6) is 0 Å². The molecule has 11 heavy (non-hydrogen) atoms. The molecule has 1 aliphatic rings. The van der Waals surface area contributed by atoms with Crippen molar-refractivity contribution in [3.63, 3.8) is 0 Å². The summed E-state index contributed by atoms with van der Waals surface area (Å²) in [7, 11) is 0.